The Kier molecular flexibility index (Phi) is 3.45. The Bertz CT molecular complexity index is 375. The van der Waals surface area contributed by atoms with Gasteiger partial charge >= 0.3 is 0 Å². The van der Waals surface area contributed by atoms with Crippen molar-refractivity contribution >= 4 is 34.8 Å². The first-order valence-electron chi connectivity index (χ1n) is 3.73. The minimum absolute atomic E-state index is 0.190. The fourth-order valence-electron chi connectivity index (χ4n) is 0.982. The van der Waals surface area contributed by atoms with E-state index in [1.54, 1.807) is 0 Å². The number of rotatable bonds is 1. The number of phenols is 3. The average molecular weight is 273 g/mol. The fourth-order valence-corrected chi connectivity index (χ4v) is 1.33. The van der Waals surface area contributed by atoms with Crippen LogP contribution in [0.2, 0.25) is 0 Å². The SMILES string of the molecule is Oc1ccc(C(O)C(Cl)(Cl)Cl)c(O)c1O. The number of hydrogen-bond acceptors (Lipinski definition) is 4. The third kappa shape index (κ3) is 2.52. The van der Waals surface area contributed by atoms with Crippen LogP contribution in [0.15, 0.2) is 12.1 Å². The van der Waals surface area contributed by atoms with Crippen LogP contribution in [-0.4, -0.2) is 24.2 Å². The molecule has 1 atom stereocenters. The van der Waals surface area contributed by atoms with E-state index >= 15 is 0 Å². The van der Waals surface area contributed by atoms with Crippen LogP contribution in [0.25, 0.3) is 0 Å². The second-order valence-electron chi connectivity index (χ2n) is 2.82. The Morgan fingerprint density at radius 3 is 2.00 bits per heavy atom. The van der Waals surface area contributed by atoms with Gasteiger partial charge in [-0.25, -0.2) is 0 Å². The monoisotopic (exact) mass is 272 g/mol. The summed E-state index contributed by atoms with van der Waals surface area (Å²) in [5.41, 5.74) is -0.190. The van der Waals surface area contributed by atoms with E-state index in [9.17, 15) is 10.2 Å². The highest BCUT2D eigenvalue weighted by Gasteiger charge is 2.34. The van der Waals surface area contributed by atoms with Gasteiger partial charge in [0.1, 0.15) is 6.10 Å². The topological polar surface area (TPSA) is 80.9 Å². The lowest BCUT2D eigenvalue weighted by Crippen LogP contribution is -2.16. The number of aromatic hydroxyl groups is 3. The highest BCUT2D eigenvalue weighted by molar-refractivity contribution is 6.68. The molecule has 0 radical (unpaired) electrons. The number of aliphatic hydroxyl groups is 1. The molecular formula is C8H7Cl3O4. The van der Waals surface area contributed by atoms with Crippen molar-refractivity contribution in [2.75, 3.05) is 0 Å². The summed E-state index contributed by atoms with van der Waals surface area (Å²) in [7, 11) is 0. The Labute approximate surface area is 100 Å². The largest absolute Gasteiger partial charge is 0.504 e. The van der Waals surface area contributed by atoms with E-state index in [2.05, 4.69) is 0 Å². The van der Waals surface area contributed by atoms with Crippen molar-refractivity contribution in [3.05, 3.63) is 17.7 Å². The van der Waals surface area contributed by atoms with Crippen LogP contribution in [0.4, 0.5) is 0 Å². The van der Waals surface area contributed by atoms with Crippen molar-refractivity contribution < 1.29 is 20.4 Å². The van der Waals surface area contributed by atoms with E-state index in [0.717, 1.165) is 12.1 Å². The van der Waals surface area contributed by atoms with Crippen LogP contribution in [0, 0.1) is 0 Å². The number of phenolic OH excluding ortho intramolecular Hbond substituents is 3. The maximum Gasteiger partial charge on any atom is 0.220 e. The predicted molar refractivity (Wildman–Crippen MR) is 56.7 cm³/mol. The second-order valence-corrected chi connectivity index (χ2v) is 5.18. The highest BCUT2D eigenvalue weighted by Crippen LogP contribution is 2.46. The third-order valence-electron chi connectivity index (χ3n) is 1.77. The van der Waals surface area contributed by atoms with Gasteiger partial charge in [0.05, 0.1) is 0 Å². The summed E-state index contributed by atoms with van der Waals surface area (Å²) in [6.45, 7) is 0. The van der Waals surface area contributed by atoms with Crippen LogP contribution in [0.1, 0.15) is 11.7 Å². The van der Waals surface area contributed by atoms with E-state index in [4.69, 9.17) is 45.0 Å². The van der Waals surface area contributed by atoms with E-state index in [1.807, 2.05) is 0 Å². The first-order chi connectivity index (χ1) is 6.75. The Hall–Kier alpha value is -0.550. The van der Waals surface area contributed by atoms with Crippen molar-refractivity contribution in [1.29, 1.82) is 0 Å². The lowest BCUT2D eigenvalue weighted by atomic mass is 10.1. The van der Waals surface area contributed by atoms with Crippen molar-refractivity contribution in [3.8, 4) is 17.2 Å². The third-order valence-corrected chi connectivity index (χ3v) is 2.39. The average Bonchev–Trinajstić information content (AvgIpc) is 2.12. The molecule has 1 aromatic rings. The van der Waals surface area contributed by atoms with Crippen molar-refractivity contribution in [1.82, 2.24) is 0 Å². The molecule has 0 aliphatic heterocycles. The van der Waals surface area contributed by atoms with Gasteiger partial charge in [0, 0.05) is 5.56 Å². The van der Waals surface area contributed by atoms with Gasteiger partial charge in [-0.3, -0.25) is 0 Å². The fraction of sp³-hybridized carbons (Fsp3) is 0.250. The molecule has 0 aliphatic rings. The molecule has 1 rings (SSSR count). The number of hydrogen-bond donors (Lipinski definition) is 4. The van der Waals surface area contributed by atoms with Gasteiger partial charge in [-0.1, -0.05) is 34.8 Å². The number of halogens is 3. The standard InChI is InChI=1S/C8H7Cl3O4/c9-8(10,11)7(15)3-1-2-4(12)6(14)5(3)13/h1-2,7,12-15H. The summed E-state index contributed by atoms with van der Waals surface area (Å²) >= 11 is 16.2. The molecule has 84 valence electrons. The lowest BCUT2D eigenvalue weighted by Gasteiger charge is -2.20. The minimum Gasteiger partial charge on any atom is -0.504 e. The summed E-state index contributed by atoms with van der Waals surface area (Å²) < 4.78 is -2.04. The molecular weight excluding hydrogens is 266 g/mol. The van der Waals surface area contributed by atoms with Gasteiger partial charge in [0.15, 0.2) is 11.5 Å². The maximum absolute atomic E-state index is 9.50. The molecule has 4 N–H and O–H groups in total. The van der Waals surface area contributed by atoms with Crippen molar-refractivity contribution in [2.45, 2.75) is 9.90 Å². The molecule has 0 saturated heterocycles. The van der Waals surface area contributed by atoms with E-state index in [-0.39, 0.29) is 5.56 Å². The van der Waals surface area contributed by atoms with Crippen LogP contribution in [0.3, 0.4) is 0 Å². The van der Waals surface area contributed by atoms with Gasteiger partial charge in [-0.2, -0.15) is 0 Å². The highest BCUT2D eigenvalue weighted by atomic mass is 35.6. The predicted octanol–water partition coefficient (Wildman–Crippen LogP) is 2.21. The first kappa shape index (κ1) is 12.5. The van der Waals surface area contributed by atoms with Gasteiger partial charge in [-0.15, -0.1) is 0 Å². The molecule has 1 unspecified atom stereocenters. The van der Waals surface area contributed by atoms with Crippen molar-refractivity contribution in [2.24, 2.45) is 0 Å². The summed E-state index contributed by atoms with van der Waals surface area (Å²) in [6.07, 6.45) is -1.62. The van der Waals surface area contributed by atoms with E-state index in [0.29, 0.717) is 0 Å². The number of alkyl halides is 3. The molecule has 0 spiro atoms. The van der Waals surface area contributed by atoms with Crippen molar-refractivity contribution in [3.63, 3.8) is 0 Å². The lowest BCUT2D eigenvalue weighted by molar-refractivity contribution is 0.177. The summed E-state index contributed by atoms with van der Waals surface area (Å²) in [4.78, 5) is 0. The molecule has 0 heterocycles. The Morgan fingerprint density at radius 2 is 1.53 bits per heavy atom. The molecule has 7 heteroatoms. The zero-order valence-electron chi connectivity index (χ0n) is 7.15. The molecule has 15 heavy (non-hydrogen) atoms. The van der Waals surface area contributed by atoms with E-state index < -0.39 is 27.1 Å². The van der Waals surface area contributed by atoms with Gasteiger partial charge < -0.3 is 20.4 Å². The smallest absolute Gasteiger partial charge is 0.220 e. The van der Waals surface area contributed by atoms with Gasteiger partial charge in [-0.05, 0) is 12.1 Å². The van der Waals surface area contributed by atoms with Crippen LogP contribution in [0.5, 0.6) is 17.2 Å². The molecule has 0 saturated carbocycles. The molecule has 1 aromatic carbocycles. The zero-order valence-corrected chi connectivity index (χ0v) is 9.42. The first-order valence-corrected chi connectivity index (χ1v) is 4.87. The molecule has 0 fully saturated rings. The minimum atomic E-state index is -2.04. The van der Waals surface area contributed by atoms with E-state index in [1.165, 1.54) is 0 Å². The summed E-state index contributed by atoms with van der Waals surface area (Å²) in [5.74, 6) is -2.04. The normalized spacial score (nSPS) is 13.9. The summed E-state index contributed by atoms with van der Waals surface area (Å²) in [5, 5.41) is 37.1. The van der Waals surface area contributed by atoms with Gasteiger partial charge in [0.25, 0.3) is 0 Å². The van der Waals surface area contributed by atoms with Crippen LogP contribution in [-0.2, 0) is 0 Å². The molecule has 0 aliphatic carbocycles. The quantitative estimate of drug-likeness (QED) is 0.467. The molecule has 4 nitrogen and oxygen atoms in total. The second kappa shape index (κ2) is 4.14. The number of aliphatic hydroxyl groups excluding tert-OH is 1. The molecule has 0 bridgehead atoms. The Morgan fingerprint density at radius 1 is 1.00 bits per heavy atom. The van der Waals surface area contributed by atoms with Gasteiger partial charge in [0.2, 0.25) is 9.54 Å². The van der Waals surface area contributed by atoms with Crippen LogP contribution < -0.4 is 0 Å². The number of benzene rings is 1. The van der Waals surface area contributed by atoms with Crippen LogP contribution >= 0.6 is 34.8 Å². The zero-order chi connectivity index (χ0) is 11.8. The molecule has 0 aromatic heterocycles. The summed E-state index contributed by atoms with van der Waals surface area (Å²) in [6, 6.07) is 2.20. The molecule has 0 amide bonds. The maximum atomic E-state index is 9.50. The Balaban J connectivity index is 3.23.